The highest BCUT2D eigenvalue weighted by Crippen LogP contribution is 2.36. The molecule has 2 aliphatic rings. The molecule has 0 spiro atoms. The smallest absolute Gasteiger partial charge is 0.309 e. The normalized spacial score (nSPS) is 17.8. The lowest BCUT2D eigenvalue weighted by molar-refractivity contribution is -0.136. The predicted molar refractivity (Wildman–Crippen MR) is 96.5 cm³/mol. The Bertz CT molecular complexity index is 840. The molecule has 1 saturated heterocycles. The second kappa shape index (κ2) is 6.48. The maximum Gasteiger partial charge on any atom is 0.309 e. The molecule has 4 rings (SSSR count). The zero-order valence-electron chi connectivity index (χ0n) is 14.5. The van der Waals surface area contributed by atoms with Gasteiger partial charge in [-0.1, -0.05) is 29.8 Å². The van der Waals surface area contributed by atoms with Crippen molar-refractivity contribution in [2.45, 2.75) is 32.2 Å². The minimum absolute atomic E-state index is 0.0225. The second-order valence-corrected chi connectivity index (χ2v) is 6.98. The third-order valence-corrected chi connectivity index (χ3v) is 5.33. The fourth-order valence-corrected chi connectivity index (χ4v) is 3.98. The first-order valence-corrected chi connectivity index (χ1v) is 8.89. The van der Waals surface area contributed by atoms with Crippen molar-refractivity contribution in [3.8, 4) is 0 Å². The molecule has 0 aliphatic carbocycles. The van der Waals surface area contributed by atoms with Crippen molar-refractivity contribution in [2.75, 3.05) is 20.1 Å². The molecular weight excluding hydrogens is 314 g/mol. The summed E-state index contributed by atoms with van der Waals surface area (Å²) in [5.41, 5.74) is 6.07. The van der Waals surface area contributed by atoms with E-state index in [0.717, 1.165) is 50.4 Å². The number of aromatic nitrogens is 2. The van der Waals surface area contributed by atoms with E-state index in [-0.39, 0.29) is 6.42 Å². The molecule has 0 amide bonds. The Morgan fingerprint density at radius 1 is 1.16 bits per heavy atom. The molecule has 2 aromatic rings. The van der Waals surface area contributed by atoms with E-state index in [4.69, 9.17) is 0 Å². The van der Waals surface area contributed by atoms with Crippen LogP contribution in [0.25, 0.3) is 5.57 Å². The van der Waals surface area contributed by atoms with E-state index < -0.39 is 5.97 Å². The summed E-state index contributed by atoms with van der Waals surface area (Å²) >= 11 is 0. The molecular formula is C20H23N3O2. The quantitative estimate of drug-likeness (QED) is 0.915. The zero-order valence-corrected chi connectivity index (χ0v) is 14.5. The minimum Gasteiger partial charge on any atom is -0.481 e. The summed E-state index contributed by atoms with van der Waals surface area (Å²) in [5.74, 6) is 0.138. The van der Waals surface area contributed by atoms with Gasteiger partial charge in [0.25, 0.3) is 0 Å². The Labute approximate surface area is 147 Å². The number of rotatable bonds is 2. The number of benzene rings is 1. The van der Waals surface area contributed by atoms with Gasteiger partial charge in [-0.15, -0.1) is 0 Å². The molecule has 1 aromatic carbocycles. The van der Waals surface area contributed by atoms with Crippen LogP contribution in [0.2, 0.25) is 0 Å². The van der Waals surface area contributed by atoms with Gasteiger partial charge in [0.2, 0.25) is 0 Å². The summed E-state index contributed by atoms with van der Waals surface area (Å²) in [7, 11) is 2.16. The highest BCUT2D eigenvalue weighted by molar-refractivity contribution is 5.82. The van der Waals surface area contributed by atoms with Crippen LogP contribution in [0.1, 0.15) is 35.5 Å². The number of carboxylic acids is 1. The molecule has 2 aliphatic heterocycles. The van der Waals surface area contributed by atoms with E-state index in [2.05, 4.69) is 45.8 Å². The Morgan fingerprint density at radius 2 is 1.92 bits per heavy atom. The molecule has 0 atom stereocenters. The van der Waals surface area contributed by atoms with Crippen LogP contribution in [0, 0.1) is 0 Å². The van der Waals surface area contributed by atoms with Crippen LogP contribution in [0.4, 0.5) is 0 Å². The second-order valence-electron chi connectivity index (χ2n) is 6.98. The summed E-state index contributed by atoms with van der Waals surface area (Å²) in [6.45, 7) is 2.90. The van der Waals surface area contributed by atoms with Gasteiger partial charge in [0.1, 0.15) is 5.82 Å². The molecule has 1 fully saturated rings. The average Bonchev–Trinajstić information content (AvgIpc) is 2.89. The lowest BCUT2D eigenvalue weighted by Gasteiger charge is -2.26. The minimum atomic E-state index is -0.807. The van der Waals surface area contributed by atoms with Gasteiger partial charge in [0.05, 0.1) is 6.42 Å². The Kier molecular flexibility index (Phi) is 4.17. The van der Waals surface area contributed by atoms with Gasteiger partial charge in [0, 0.05) is 37.1 Å². The largest absolute Gasteiger partial charge is 0.481 e. The summed E-state index contributed by atoms with van der Waals surface area (Å²) < 4.78 is 2.12. The van der Waals surface area contributed by atoms with Crippen LogP contribution in [-0.4, -0.2) is 45.7 Å². The van der Waals surface area contributed by atoms with Crippen LogP contribution in [0.15, 0.2) is 36.0 Å². The first-order valence-electron chi connectivity index (χ1n) is 8.89. The van der Waals surface area contributed by atoms with Crippen LogP contribution >= 0.6 is 0 Å². The first kappa shape index (κ1) is 16.1. The highest BCUT2D eigenvalue weighted by atomic mass is 16.4. The van der Waals surface area contributed by atoms with Crippen molar-refractivity contribution in [1.82, 2.24) is 14.5 Å². The highest BCUT2D eigenvalue weighted by Gasteiger charge is 2.26. The number of hydrogen-bond donors (Lipinski definition) is 1. The van der Waals surface area contributed by atoms with Crippen LogP contribution in [0.5, 0.6) is 0 Å². The molecule has 0 saturated carbocycles. The number of carboxylic acid groups (broad SMARTS) is 1. The number of likely N-dealkylation sites (tertiary alicyclic amines) is 1. The fourth-order valence-electron chi connectivity index (χ4n) is 3.98. The van der Waals surface area contributed by atoms with Crippen molar-refractivity contribution in [2.24, 2.45) is 0 Å². The maximum absolute atomic E-state index is 11.2. The average molecular weight is 337 g/mol. The molecule has 25 heavy (non-hydrogen) atoms. The number of piperidine rings is 1. The lowest BCUT2D eigenvalue weighted by atomic mass is 9.90. The number of carbonyl (C=O) groups is 1. The van der Waals surface area contributed by atoms with Crippen molar-refractivity contribution in [3.63, 3.8) is 0 Å². The zero-order chi connectivity index (χ0) is 17.4. The van der Waals surface area contributed by atoms with Gasteiger partial charge in [-0.3, -0.25) is 4.79 Å². The van der Waals surface area contributed by atoms with Gasteiger partial charge in [-0.2, -0.15) is 0 Å². The van der Waals surface area contributed by atoms with Crippen LogP contribution in [-0.2, 0) is 24.2 Å². The first-order chi connectivity index (χ1) is 12.1. The number of nitrogens with zero attached hydrogens (tertiary/aromatic N) is 3. The Morgan fingerprint density at radius 3 is 2.68 bits per heavy atom. The predicted octanol–water partition coefficient (Wildman–Crippen LogP) is 2.59. The molecule has 1 aromatic heterocycles. The van der Waals surface area contributed by atoms with Gasteiger partial charge in [-0.25, -0.2) is 4.98 Å². The summed E-state index contributed by atoms with van der Waals surface area (Å²) in [5, 5.41) is 9.22. The topological polar surface area (TPSA) is 58.4 Å². The molecule has 5 heteroatoms. The number of fused-ring (bicyclic) bond motifs is 2. The monoisotopic (exact) mass is 337 g/mol. The molecule has 0 radical (unpaired) electrons. The van der Waals surface area contributed by atoms with Gasteiger partial charge >= 0.3 is 5.97 Å². The molecule has 130 valence electrons. The van der Waals surface area contributed by atoms with Crippen molar-refractivity contribution in [1.29, 1.82) is 0 Å². The molecule has 1 N–H and O–H groups in total. The van der Waals surface area contributed by atoms with Crippen molar-refractivity contribution < 1.29 is 9.90 Å². The number of aryl methyl sites for hydroxylation is 1. The molecule has 3 heterocycles. The van der Waals surface area contributed by atoms with Crippen molar-refractivity contribution >= 4 is 11.5 Å². The van der Waals surface area contributed by atoms with Crippen molar-refractivity contribution in [3.05, 3.63) is 58.7 Å². The summed E-state index contributed by atoms with van der Waals surface area (Å²) in [4.78, 5) is 18.2. The van der Waals surface area contributed by atoms with Crippen LogP contribution < -0.4 is 0 Å². The molecule has 0 unspecified atom stereocenters. The van der Waals surface area contributed by atoms with E-state index in [1.54, 1.807) is 6.20 Å². The third-order valence-electron chi connectivity index (χ3n) is 5.33. The summed E-state index contributed by atoms with van der Waals surface area (Å²) in [6.07, 6.45) is 4.76. The Hall–Kier alpha value is -2.40. The number of aliphatic carboxylic acids is 1. The standard InChI is InChI=1S/C20H23N3O2/c1-22-9-6-15(7-10-22)19-17-5-3-2-4-14(17)8-11-23-16(12-18(24)25)13-21-20(19)23/h2-5,13H,6-12H2,1H3,(H,24,25). The number of imidazole rings is 1. The maximum atomic E-state index is 11.2. The van der Waals surface area contributed by atoms with E-state index in [0.29, 0.717) is 0 Å². The summed E-state index contributed by atoms with van der Waals surface area (Å²) in [6, 6.07) is 8.55. The Balaban J connectivity index is 1.88. The van der Waals surface area contributed by atoms with E-state index >= 15 is 0 Å². The molecule has 5 nitrogen and oxygen atoms in total. The van der Waals surface area contributed by atoms with Gasteiger partial charge in [-0.05, 0) is 37.4 Å². The molecule has 0 bridgehead atoms. The van der Waals surface area contributed by atoms with E-state index in [1.165, 1.54) is 22.3 Å². The van der Waals surface area contributed by atoms with Gasteiger partial charge < -0.3 is 14.6 Å². The SMILES string of the molecule is CN1CCC(=C2c3ccccc3CCn3c(CC(=O)O)cnc32)CC1. The van der Waals surface area contributed by atoms with E-state index in [9.17, 15) is 9.90 Å². The van der Waals surface area contributed by atoms with Gasteiger partial charge in [0.15, 0.2) is 0 Å². The van der Waals surface area contributed by atoms with Crippen LogP contribution in [0.3, 0.4) is 0 Å². The van der Waals surface area contributed by atoms with E-state index in [1.807, 2.05) is 0 Å². The lowest BCUT2D eigenvalue weighted by Crippen LogP contribution is -2.27. The third kappa shape index (κ3) is 3.00. The number of hydrogen-bond acceptors (Lipinski definition) is 3. The fraction of sp³-hybridized carbons (Fsp3) is 0.400.